The van der Waals surface area contributed by atoms with E-state index >= 15 is 0 Å². The van der Waals surface area contributed by atoms with Crippen LogP contribution in [0.3, 0.4) is 0 Å². The summed E-state index contributed by atoms with van der Waals surface area (Å²) in [5.41, 5.74) is 0.601. The lowest BCUT2D eigenvalue weighted by Gasteiger charge is -2.31. The van der Waals surface area contributed by atoms with Gasteiger partial charge in [0.2, 0.25) is 5.95 Å². The van der Waals surface area contributed by atoms with Gasteiger partial charge in [-0.05, 0) is 62.6 Å². The molecular weight excluding hydrogens is 567 g/mol. The van der Waals surface area contributed by atoms with E-state index in [4.69, 9.17) is 11.6 Å². The van der Waals surface area contributed by atoms with E-state index in [9.17, 15) is 18.0 Å². The molecule has 2 N–H and O–H groups in total. The summed E-state index contributed by atoms with van der Waals surface area (Å²) in [7, 11) is 3.78. The van der Waals surface area contributed by atoms with Gasteiger partial charge in [0.25, 0.3) is 5.56 Å². The number of fused-ring (bicyclic) bond motifs is 1. The second kappa shape index (κ2) is 12.4. The van der Waals surface area contributed by atoms with Crippen LogP contribution in [0.2, 0.25) is 5.02 Å². The summed E-state index contributed by atoms with van der Waals surface area (Å²) >= 11 is 5.95. The highest BCUT2D eigenvalue weighted by atomic mass is 35.5. The number of alkyl halides is 3. The van der Waals surface area contributed by atoms with Gasteiger partial charge in [-0.25, -0.2) is 4.98 Å². The summed E-state index contributed by atoms with van der Waals surface area (Å²) in [5, 5.41) is 7.21. The van der Waals surface area contributed by atoms with Crippen molar-refractivity contribution in [1.82, 2.24) is 24.8 Å². The second-order valence-corrected chi connectivity index (χ2v) is 10.6. The summed E-state index contributed by atoms with van der Waals surface area (Å²) in [6.45, 7) is 3.09. The monoisotopic (exact) mass is 595 g/mol. The zero-order chi connectivity index (χ0) is 29.9. The SMILES string of the molecule is CN(C)CCn1c(=O)c(C#Cc2ccc(Cl)cc2)cc2cnc(Nc3ccc(N4CCNCC4)c(C(F)(F)F)c3)nc21. The predicted molar refractivity (Wildman–Crippen MR) is 160 cm³/mol. The van der Waals surface area contributed by atoms with Crippen molar-refractivity contribution in [2.75, 3.05) is 57.0 Å². The second-order valence-electron chi connectivity index (χ2n) is 10.1. The summed E-state index contributed by atoms with van der Waals surface area (Å²) in [6, 6.07) is 12.7. The predicted octanol–water partition coefficient (Wildman–Crippen LogP) is 4.58. The van der Waals surface area contributed by atoms with Crippen LogP contribution in [0.4, 0.5) is 30.5 Å². The normalized spacial score (nSPS) is 13.7. The average molecular weight is 596 g/mol. The van der Waals surface area contributed by atoms with Crippen molar-refractivity contribution in [2.24, 2.45) is 0 Å². The van der Waals surface area contributed by atoms with E-state index in [2.05, 4.69) is 32.4 Å². The maximum absolute atomic E-state index is 14.0. The first-order valence-electron chi connectivity index (χ1n) is 13.4. The molecule has 0 unspecified atom stereocenters. The summed E-state index contributed by atoms with van der Waals surface area (Å²) in [6.07, 6.45) is -3.01. The minimum atomic E-state index is -4.54. The van der Waals surface area contributed by atoms with Crippen LogP contribution in [0.1, 0.15) is 16.7 Å². The Balaban J connectivity index is 1.51. The molecule has 0 atom stereocenters. The van der Waals surface area contributed by atoms with Crippen molar-refractivity contribution >= 4 is 40.0 Å². The molecule has 0 radical (unpaired) electrons. The van der Waals surface area contributed by atoms with Gasteiger partial charge in [0, 0.05) is 72.8 Å². The highest BCUT2D eigenvalue weighted by Gasteiger charge is 2.35. The molecule has 1 aliphatic heterocycles. The number of pyridine rings is 1. The lowest BCUT2D eigenvalue weighted by molar-refractivity contribution is -0.137. The average Bonchev–Trinajstić information content (AvgIpc) is 2.96. The molecule has 12 heteroatoms. The molecular formula is C30H29ClF3N7O. The number of nitrogens with zero attached hydrogens (tertiary/aromatic N) is 5. The number of benzene rings is 2. The minimum Gasteiger partial charge on any atom is -0.368 e. The Morgan fingerprint density at radius 3 is 2.50 bits per heavy atom. The van der Waals surface area contributed by atoms with Crippen molar-refractivity contribution < 1.29 is 13.2 Å². The fourth-order valence-corrected chi connectivity index (χ4v) is 4.77. The fourth-order valence-electron chi connectivity index (χ4n) is 4.64. The van der Waals surface area contributed by atoms with Gasteiger partial charge >= 0.3 is 6.18 Å². The van der Waals surface area contributed by atoms with Crippen LogP contribution in [0.5, 0.6) is 0 Å². The number of hydrogen-bond donors (Lipinski definition) is 2. The molecule has 1 saturated heterocycles. The van der Waals surface area contributed by atoms with Crippen LogP contribution in [-0.2, 0) is 12.7 Å². The standard InChI is InChI=1S/C30H29ClF3N7O/c1-39(2)15-16-41-27-22(17-21(28(41)42)6-3-20-4-7-23(31)8-5-20)19-36-29(38-27)37-24-9-10-26(25(18-24)30(32,33)34)40-13-11-35-12-14-40/h4-5,7-10,17-19,35H,11-16H2,1-2H3,(H,36,37,38). The van der Waals surface area contributed by atoms with Crippen LogP contribution in [-0.4, -0.2) is 66.3 Å². The van der Waals surface area contributed by atoms with E-state index in [1.165, 1.54) is 16.8 Å². The Morgan fingerprint density at radius 1 is 1.07 bits per heavy atom. The Hall–Kier alpha value is -4.11. The number of anilines is 3. The van der Waals surface area contributed by atoms with Crippen molar-refractivity contribution in [3.05, 3.63) is 86.8 Å². The van der Waals surface area contributed by atoms with E-state index in [1.807, 2.05) is 19.0 Å². The minimum absolute atomic E-state index is 0.0727. The molecule has 1 aliphatic rings. The summed E-state index contributed by atoms with van der Waals surface area (Å²) in [5.74, 6) is 6.01. The van der Waals surface area contributed by atoms with Crippen LogP contribution < -0.4 is 21.1 Å². The molecule has 0 bridgehead atoms. The van der Waals surface area contributed by atoms with Gasteiger partial charge in [-0.1, -0.05) is 23.4 Å². The zero-order valence-electron chi connectivity index (χ0n) is 23.1. The van der Waals surface area contributed by atoms with E-state index < -0.39 is 11.7 Å². The van der Waals surface area contributed by atoms with E-state index in [1.54, 1.807) is 41.3 Å². The Kier molecular flexibility index (Phi) is 8.68. The van der Waals surface area contributed by atoms with Crippen LogP contribution in [0.15, 0.2) is 59.5 Å². The molecule has 5 rings (SSSR count). The third kappa shape index (κ3) is 6.85. The number of aromatic nitrogens is 3. The van der Waals surface area contributed by atoms with Crippen molar-refractivity contribution in [2.45, 2.75) is 12.7 Å². The first kappa shape index (κ1) is 29.4. The van der Waals surface area contributed by atoms with Crippen LogP contribution in [0.25, 0.3) is 11.0 Å². The molecule has 2 aromatic heterocycles. The Bertz CT molecular complexity index is 1700. The molecule has 1 fully saturated rings. The number of nitrogens with one attached hydrogen (secondary N) is 2. The van der Waals surface area contributed by atoms with Gasteiger partial charge < -0.3 is 20.4 Å². The summed E-state index contributed by atoms with van der Waals surface area (Å²) < 4.78 is 43.6. The van der Waals surface area contributed by atoms with Gasteiger partial charge in [-0.15, -0.1) is 0 Å². The molecule has 4 aromatic rings. The smallest absolute Gasteiger partial charge is 0.368 e. The third-order valence-corrected chi connectivity index (χ3v) is 7.05. The van der Waals surface area contributed by atoms with E-state index in [-0.39, 0.29) is 28.4 Å². The molecule has 0 saturated carbocycles. The highest BCUT2D eigenvalue weighted by molar-refractivity contribution is 6.30. The van der Waals surface area contributed by atoms with Crippen molar-refractivity contribution in [1.29, 1.82) is 0 Å². The molecule has 42 heavy (non-hydrogen) atoms. The number of halogens is 4. The molecule has 0 amide bonds. The van der Waals surface area contributed by atoms with Crippen molar-refractivity contribution in [3.8, 4) is 11.8 Å². The van der Waals surface area contributed by atoms with Gasteiger partial charge in [-0.3, -0.25) is 9.36 Å². The molecule has 218 valence electrons. The van der Waals surface area contributed by atoms with E-state index in [0.29, 0.717) is 60.9 Å². The molecule has 0 spiro atoms. The number of piperazine rings is 1. The lowest BCUT2D eigenvalue weighted by atomic mass is 10.1. The van der Waals surface area contributed by atoms with Gasteiger partial charge in [-0.2, -0.15) is 18.2 Å². The first-order chi connectivity index (χ1) is 20.1. The number of likely N-dealkylation sites (N-methyl/N-ethyl adjacent to an activating group) is 1. The first-order valence-corrected chi connectivity index (χ1v) is 13.7. The topological polar surface area (TPSA) is 78.3 Å². The Morgan fingerprint density at radius 2 is 1.81 bits per heavy atom. The molecule has 2 aromatic carbocycles. The molecule has 3 heterocycles. The zero-order valence-corrected chi connectivity index (χ0v) is 23.9. The van der Waals surface area contributed by atoms with Crippen LogP contribution >= 0.6 is 11.6 Å². The quantitative estimate of drug-likeness (QED) is 0.316. The van der Waals surface area contributed by atoms with E-state index in [0.717, 1.165) is 6.07 Å². The van der Waals surface area contributed by atoms with Gasteiger partial charge in [0.15, 0.2) is 0 Å². The number of rotatable bonds is 6. The maximum Gasteiger partial charge on any atom is 0.418 e. The fraction of sp³-hybridized carbons (Fsp3) is 0.300. The van der Waals surface area contributed by atoms with Gasteiger partial charge in [0.1, 0.15) is 5.65 Å². The summed E-state index contributed by atoms with van der Waals surface area (Å²) in [4.78, 5) is 26.0. The lowest BCUT2D eigenvalue weighted by Crippen LogP contribution is -2.44. The largest absolute Gasteiger partial charge is 0.418 e. The molecule has 8 nitrogen and oxygen atoms in total. The van der Waals surface area contributed by atoms with Crippen molar-refractivity contribution in [3.63, 3.8) is 0 Å². The molecule has 0 aliphatic carbocycles. The maximum atomic E-state index is 14.0. The number of hydrogen-bond acceptors (Lipinski definition) is 7. The Labute approximate surface area is 246 Å². The highest BCUT2D eigenvalue weighted by Crippen LogP contribution is 2.38. The van der Waals surface area contributed by atoms with Crippen LogP contribution in [0, 0.1) is 11.8 Å². The van der Waals surface area contributed by atoms with Gasteiger partial charge in [0.05, 0.1) is 11.1 Å². The third-order valence-electron chi connectivity index (χ3n) is 6.80.